The molecule has 1 aromatic rings. The zero-order chi connectivity index (χ0) is 13.4. The Morgan fingerprint density at radius 3 is 3.00 bits per heavy atom. The summed E-state index contributed by atoms with van der Waals surface area (Å²) in [6.07, 6.45) is 5.46. The SMILES string of the molecule is CCC(C)NC(=O)/C(C#N)=C\Nc1cccnc1. The summed E-state index contributed by atoms with van der Waals surface area (Å²) in [6, 6.07) is 5.48. The largest absolute Gasteiger partial charge is 0.359 e. The number of pyridine rings is 1. The highest BCUT2D eigenvalue weighted by Gasteiger charge is 2.10. The fourth-order valence-electron chi connectivity index (χ4n) is 1.16. The maximum absolute atomic E-state index is 11.7. The van der Waals surface area contributed by atoms with Crippen LogP contribution in [0.15, 0.2) is 36.3 Å². The minimum absolute atomic E-state index is 0.0409. The standard InChI is InChI=1S/C13H16N4O/c1-3-10(2)17-13(18)11(7-14)8-16-12-5-4-6-15-9-12/h4-6,8-10,16H,3H2,1-2H3,(H,17,18)/b11-8-. The van der Waals surface area contributed by atoms with Gasteiger partial charge in [0.25, 0.3) is 5.91 Å². The molecule has 0 bridgehead atoms. The van der Waals surface area contributed by atoms with Gasteiger partial charge < -0.3 is 10.6 Å². The summed E-state index contributed by atoms with van der Waals surface area (Å²) in [5.41, 5.74) is 0.765. The fourth-order valence-corrected chi connectivity index (χ4v) is 1.16. The first-order chi connectivity index (χ1) is 8.67. The molecule has 1 amide bonds. The van der Waals surface area contributed by atoms with Crippen LogP contribution in [0.1, 0.15) is 20.3 Å². The number of hydrogen-bond donors (Lipinski definition) is 2. The number of aromatic nitrogens is 1. The number of carbonyl (C=O) groups is 1. The molecule has 0 radical (unpaired) electrons. The first-order valence-corrected chi connectivity index (χ1v) is 5.75. The summed E-state index contributed by atoms with van der Waals surface area (Å²) >= 11 is 0. The van der Waals surface area contributed by atoms with E-state index in [2.05, 4.69) is 15.6 Å². The molecule has 2 N–H and O–H groups in total. The molecule has 0 aliphatic heterocycles. The molecule has 0 saturated heterocycles. The summed E-state index contributed by atoms with van der Waals surface area (Å²) < 4.78 is 0. The lowest BCUT2D eigenvalue weighted by Gasteiger charge is -2.10. The van der Waals surface area contributed by atoms with Crippen LogP contribution in [0.4, 0.5) is 5.69 Å². The Morgan fingerprint density at radius 2 is 2.44 bits per heavy atom. The van der Waals surface area contributed by atoms with Crippen LogP contribution in [-0.2, 0) is 4.79 Å². The molecule has 5 heteroatoms. The number of nitriles is 1. The van der Waals surface area contributed by atoms with Gasteiger partial charge in [0.1, 0.15) is 11.6 Å². The molecule has 0 fully saturated rings. The minimum Gasteiger partial charge on any atom is -0.359 e. The van der Waals surface area contributed by atoms with Crippen LogP contribution < -0.4 is 10.6 Å². The van der Waals surface area contributed by atoms with Gasteiger partial charge in [0.15, 0.2) is 0 Å². The average molecular weight is 244 g/mol. The van der Waals surface area contributed by atoms with Crippen molar-refractivity contribution in [1.82, 2.24) is 10.3 Å². The first-order valence-electron chi connectivity index (χ1n) is 5.75. The second-order valence-corrected chi connectivity index (χ2v) is 3.84. The summed E-state index contributed by atoms with van der Waals surface area (Å²) in [7, 11) is 0. The molecule has 94 valence electrons. The predicted molar refractivity (Wildman–Crippen MR) is 69.5 cm³/mol. The van der Waals surface area contributed by atoms with Crippen LogP contribution in [0.3, 0.4) is 0 Å². The number of anilines is 1. The highest BCUT2D eigenvalue weighted by atomic mass is 16.1. The molecule has 0 aromatic carbocycles. The lowest BCUT2D eigenvalue weighted by molar-refractivity contribution is -0.117. The number of nitrogens with one attached hydrogen (secondary N) is 2. The number of nitrogens with zero attached hydrogens (tertiary/aromatic N) is 2. The van der Waals surface area contributed by atoms with E-state index in [0.717, 1.165) is 12.1 Å². The van der Waals surface area contributed by atoms with Gasteiger partial charge in [-0.25, -0.2) is 0 Å². The molecular weight excluding hydrogens is 228 g/mol. The normalized spacial score (nSPS) is 12.4. The number of hydrogen-bond acceptors (Lipinski definition) is 4. The molecule has 0 aliphatic rings. The third-order valence-corrected chi connectivity index (χ3v) is 2.40. The number of carbonyl (C=O) groups excluding carboxylic acids is 1. The smallest absolute Gasteiger partial charge is 0.263 e. The van der Waals surface area contributed by atoms with Gasteiger partial charge in [0.05, 0.1) is 11.9 Å². The Morgan fingerprint density at radius 1 is 1.67 bits per heavy atom. The van der Waals surface area contributed by atoms with E-state index in [4.69, 9.17) is 5.26 Å². The molecule has 1 aromatic heterocycles. The van der Waals surface area contributed by atoms with E-state index in [9.17, 15) is 4.79 Å². The summed E-state index contributed by atoms with van der Waals surface area (Å²) in [6.45, 7) is 3.86. The van der Waals surface area contributed by atoms with Crippen molar-refractivity contribution in [3.8, 4) is 6.07 Å². The van der Waals surface area contributed by atoms with Gasteiger partial charge in [-0.3, -0.25) is 9.78 Å². The maximum Gasteiger partial charge on any atom is 0.263 e. The van der Waals surface area contributed by atoms with E-state index in [0.29, 0.717) is 0 Å². The van der Waals surface area contributed by atoms with E-state index in [1.165, 1.54) is 6.20 Å². The average Bonchev–Trinajstić information content (AvgIpc) is 2.40. The highest BCUT2D eigenvalue weighted by molar-refractivity contribution is 5.97. The molecule has 18 heavy (non-hydrogen) atoms. The molecule has 5 nitrogen and oxygen atoms in total. The van der Waals surface area contributed by atoms with Crippen molar-refractivity contribution in [2.75, 3.05) is 5.32 Å². The van der Waals surface area contributed by atoms with Crippen molar-refractivity contribution >= 4 is 11.6 Å². The van der Waals surface area contributed by atoms with Crippen LogP contribution in [0.25, 0.3) is 0 Å². The zero-order valence-electron chi connectivity index (χ0n) is 10.5. The summed E-state index contributed by atoms with van der Waals surface area (Å²) in [4.78, 5) is 15.6. The van der Waals surface area contributed by atoms with Crippen LogP contribution in [0.5, 0.6) is 0 Å². The Kier molecular flexibility index (Phi) is 5.39. The van der Waals surface area contributed by atoms with Crippen molar-refractivity contribution in [3.05, 3.63) is 36.3 Å². The van der Waals surface area contributed by atoms with E-state index < -0.39 is 0 Å². The quantitative estimate of drug-likeness (QED) is 0.611. The van der Waals surface area contributed by atoms with Gasteiger partial charge in [0.2, 0.25) is 0 Å². The van der Waals surface area contributed by atoms with Crippen LogP contribution >= 0.6 is 0 Å². The Balaban J connectivity index is 2.66. The van der Waals surface area contributed by atoms with E-state index in [1.54, 1.807) is 24.5 Å². The number of rotatable bonds is 5. The zero-order valence-corrected chi connectivity index (χ0v) is 10.5. The molecule has 1 heterocycles. The van der Waals surface area contributed by atoms with E-state index >= 15 is 0 Å². The van der Waals surface area contributed by atoms with E-state index in [1.807, 2.05) is 19.9 Å². The van der Waals surface area contributed by atoms with Crippen molar-refractivity contribution in [1.29, 1.82) is 5.26 Å². The Hall–Kier alpha value is -2.35. The fraction of sp³-hybridized carbons (Fsp3) is 0.308. The predicted octanol–water partition coefficient (Wildman–Crippen LogP) is 1.82. The topological polar surface area (TPSA) is 77.8 Å². The lowest BCUT2D eigenvalue weighted by Crippen LogP contribution is -2.33. The molecule has 0 saturated carbocycles. The van der Waals surface area contributed by atoms with Gasteiger partial charge in [-0.05, 0) is 25.5 Å². The monoisotopic (exact) mass is 244 g/mol. The van der Waals surface area contributed by atoms with Gasteiger partial charge in [-0.1, -0.05) is 6.92 Å². The van der Waals surface area contributed by atoms with E-state index in [-0.39, 0.29) is 17.5 Å². The molecule has 1 rings (SSSR count). The van der Waals surface area contributed by atoms with Gasteiger partial charge in [-0.2, -0.15) is 5.26 Å². The molecule has 0 spiro atoms. The van der Waals surface area contributed by atoms with Crippen molar-refractivity contribution < 1.29 is 4.79 Å². The summed E-state index contributed by atoms with van der Waals surface area (Å²) in [5, 5.41) is 14.5. The highest BCUT2D eigenvalue weighted by Crippen LogP contribution is 2.04. The molecule has 1 unspecified atom stereocenters. The second kappa shape index (κ2) is 7.07. The molecule has 1 atom stereocenters. The van der Waals surface area contributed by atoms with Gasteiger partial charge >= 0.3 is 0 Å². The Labute approximate surface area is 107 Å². The minimum atomic E-state index is -0.372. The van der Waals surface area contributed by atoms with Gasteiger partial charge in [-0.15, -0.1) is 0 Å². The maximum atomic E-state index is 11.7. The van der Waals surface area contributed by atoms with Crippen LogP contribution in [-0.4, -0.2) is 16.9 Å². The second-order valence-electron chi connectivity index (χ2n) is 3.84. The molecule has 0 aliphatic carbocycles. The number of amides is 1. The first kappa shape index (κ1) is 13.7. The third kappa shape index (κ3) is 4.26. The van der Waals surface area contributed by atoms with Crippen molar-refractivity contribution in [2.45, 2.75) is 26.3 Å². The Bertz CT molecular complexity index is 462. The lowest BCUT2D eigenvalue weighted by atomic mass is 10.2. The third-order valence-electron chi connectivity index (χ3n) is 2.40. The van der Waals surface area contributed by atoms with Crippen LogP contribution in [0, 0.1) is 11.3 Å². The van der Waals surface area contributed by atoms with Crippen LogP contribution in [0.2, 0.25) is 0 Å². The molecular formula is C13H16N4O. The van der Waals surface area contributed by atoms with Gasteiger partial charge in [0, 0.05) is 18.4 Å². The summed E-state index contributed by atoms with van der Waals surface area (Å²) in [5.74, 6) is -0.372. The van der Waals surface area contributed by atoms with Crippen molar-refractivity contribution in [2.24, 2.45) is 0 Å². The van der Waals surface area contributed by atoms with Crippen molar-refractivity contribution in [3.63, 3.8) is 0 Å².